The van der Waals surface area contributed by atoms with Crippen molar-refractivity contribution in [3.8, 4) is 0 Å². The number of nitrogens with zero attached hydrogens (tertiary/aromatic N) is 2. The van der Waals surface area contributed by atoms with Crippen LogP contribution in [0.2, 0.25) is 0 Å². The molecule has 0 radical (unpaired) electrons. The monoisotopic (exact) mass is 181 g/mol. The zero-order valence-electron chi connectivity index (χ0n) is 7.76. The van der Waals surface area contributed by atoms with Gasteiger partial charge in [0.1, 0.15) is 0 Å². The second kappa shape index (κ2) is 3.47. The third-order valence-corrected chi connectivity index (χ3v) is 2.54. The molecule has 4 nitrogen and oxygen atoms in total. The molecule has 13 heavy (non-hydrogen) atoms. The molecule has 72 valence electrons. The van der Waals surface area contributed by atoms with E-state index in [0.29, 0.717) is 0 Å². The SMILES string of the molecule is CCO[C@@H]1C[C@@H](N)[C@@H]1n1cccn1. The average Bonchev–Trinajstić information content (AvgIpc) is 2.56. The molecule has 1 fully saturated rings. The molecule has 0 bridgehead atoms. The molecule has 0 saturated heterocycles. The smallest absolute Gasteiger partial charge is 0.0932 e. The van der Waals surface area contributed by atoms with Crippen LogP contribution < -0.4 is 5.73 Å². The Morgan fingerprint density at radius 2 is 2.54 bits per heavy atom. The van der Waals surface area contributed by atoms with Gasteiger partial charge in [-0.3, -0.25) is 4.68 Å². The highest BCUT2D eigenvalue weighted by Gasteiger charge is 2.40. The van der Waals surface area contributed by atoms with E-state index in [1.54, 1.807) is 6.20 Å². The van der Waals surface area contributed by atoms with Crippen LogP contribution in [0.5, 0.6) is 0 Å². The molecule has 1 aromatic rings. The highest BCUT2D eigenvalue weighted by molar-refractivity contribution is 4.99. The molecule has 0 unspecified atom stereocenters. The lowest BCUT2D eigenvalue weighted by Gasteiger charge is -2.41. The predicted octanol–water partition coefficient (Wildman–Crippen LogP) is 0.560. The predicted molar refractivity (Wildman–Crippen MR) is 49.3 cm³/mol. The van der Waals surface area contributed by atoms with Crippen LogP contribution >= 0.6 is 0 Å². The van der Waals surface area contributed by atoms with E-state index in [2.05, 4.69) is 5.10 Å². The molecule has 4 heteroatoms. The third-order valence-electron chi connectivity index (χ3n) is 2.54. The summed E-state index contributed by atoms with van der Waals surface area (Å²) in [7, 11) is 0. The summed E-state index contributed by atoms with van der Waals surface area (Å²) in [6.45, 7) is 2.75. The second-order valence-corrected chi connectivity index (χ2v) is 3.37. The number of aromatic nitrogens is 2. The first-order valence-corrected chi connectivity index (χ1v) is 4.69. The first-order valence-electron chi connectivity index (χ1n) is 4.69. The maximum atomic E-state index is 5.89. The van der Waals surface area contributed by atoms with E-state index in [1.165, 1.54) is 0 Å². The molecule has 2 rings (SSSR count). The maximum Gasteiger partial charge on any atom is 0.0932 e. The van der Waals surface area contributed by atoms with Crippen molar-refractivity contribution in [3.05, 3.63) is 18.5 Å². The van der Waals surface area contributed by atoms with Crippen LogP contribution in [0.1, 0.15) is 19.4 Å². The summed E-state index contributed by atoms with van der Waals surface area (Å²) in [5.74, 6) is 0. The zero-order chi connectivity index (χ0) is 9.26. The fraction of sp³-hybridized carbons (Fsp3) is 0.667. The minimum Gasteiger partial charge on any atom is -0.376 e. The van der Waals surface area contributed by atoms with Crippen LogP contribution in [0.3, 0.4) is 0 Å². The molecular weight excluding hydrogens is 166 g/mol. The quantitative estimate of drug-likeness (QED) is 0.741. The van der Waals surface area contributed by atoms with Gasteiger partial charge in [0.05, 0.1) is 12.1 Å². The van der Waals surface area contributed by atoms with Gasteiger partial charge in [-0.1, -0.05) is 0 Å². The Labute approximate surface area is 77.7 Å². The lowest BCUT2D eigenvalue weighted by Crippen LogP contribution is -2.53. The summed E-state index contributed by atoms with van der Waals surface area (Å²) in [6.07, 6.45) is 4.90. The van der Waals surface area contributed by atoms with Crippen molar-refractivity contribution in [2.75, 3.05) is 6.61 Å². The van der Waals surface area contributed by atoms with E-state index in [4.69, 9.17) is 10.5 Å². The van der Waals surface area contributed by atoms with Gasteiger partial charge >= 0.3 is 0 Å². The molecule has 1 saturated carbocycles. The summed E-state index contributed by atoms with van der Waals surface area (Å²) in [5, 5.41) is 4.18. The lowest BCUT2D eigenvalue weighted by molar-refractivity contribution is -0.0511. The summed E-state index contributed by atoms with van der Waals surface area (Å²) in [6, 6.07) is 2.33. The van der Waals surface area contributed by atoms with Crippen LogP contribution in [0.4, 0.5) is 0 Å². The van der Waals surface area contributed by atoms with Crippen LogP contribution in [0.15, 0.2) is 18.5 Å². The summed E-state index contributed by atoms with van der Waals surface area (Å²) in [4.78, 5) is 0. The first-order chi connectivity index (χ1) is 6.33. The molecule has 3 atom stereocenters. The van der Waals surface area contributed by atoms with Gasteiger partial charge in [-0.2, -0.15) is 5.10 Å². The molecule has 1 aromatic heterocycles. The molecule has 2 N–H and O–H groups in total. The van der Waals surface area contributed by atoms with Gasteiger partial charge in [0.2, 0.25) is 0 Å². The van der Waals surface area contributed by atoms with E-state index < -0.39 is 0 Å². The third kappa shape index (κ3) is 1.47. The Balaban J connectivity index is 2.04. The van der Waals surface area contributed by atoms with Gasteiger partial charge in [0.25, 0.3) is 0 Å². The molecule has 1 aliphatic rings. The molecule has 0 amide bonds. The van der Waals surface area contributed by atoms with Crippen molar-refractivity contribution in [2.24, 2.45) is 5.73 Å². The van der Waals surface area contributed by atoms with E-state index >= 15 is 0 Å². The minimum absolute atomic E-state index is 0.191. The molecule has 0 aromatic carbocycles. The van der Waals surface area contributed by atoms with Gasteiger partial charge in [0.15, 0.2) is 0 Å². The van der Waals surface area contributed by atoms with E-state index in [-0.39, 0.29) is 18.2 Å². The highest BCUT2D eigenvalue weighted by Crippen LogP contribution is 2.33. The maximum absolute atomic E-state index is 5.89. The standard InChI is InChI=1S/C9H15N3O/c1-2-13-8-6-7(10)9(8)12-5-3-4-11-12/h3-5,7-9H,2,6,10H2,1H3/t7-,8-,9+/m1/s1. The van der Waals surface area contributed by atoms with Crippen molar-refractivity contribution < 1.29 is 4.74 Å². The number of hydrogen-bond donors (Lipinski definition) is 1. The lowest BCUT2D eigenvalue weighted by atomic mass is 9.83. The van der Waals surface area contributed by atoms with Crippen LogP contribution in [-0.2, 0) is 4.74 Å². The van der Waals surface area contributed by atoms with Gasteiger partial charge in [-0.15, -0.1) is 0 Å². The Morgan fingerprint density at radius 1 is 1.69 bits per heavy atom. The number of hydrogen-bond acceptors (Lipinski definition) is 3. The van der Waals surface area contributed by atoms with Crippen LogP contribution in [-0.4, -0.2) is 28.5 Å². The Bertz CT molecular complexity index is 258. The minimum atomic E-state index is 0.191. The summed E-state index contributed by atoms with van der Waals surface area (Å²) >= 11 is 0. The van der Waals surface area contributed by atoms with E-state index in [1.807, 2.05) is 23.9 Å². The second-order valence-electron chi connectivity index (χ2n) is 3.37. The van der Waals surface area contributed by atoms with Crippen molar-refractivity contribution in [1.29, 1.82) is 0 Å². The largest absolute Gasteiger partial charge is 0.376 e. The topological polar surface area (TPSA) is 53.1 Å². The van der Waals surface area contributed by atoms with Crippen LogP contribution in [0, 0.1) is 0 Å². The van der Waals surface area contributed by atoms with Crippen molar-refractivity contribution in [2.45, 2.75) is 31.5 Å². The number of rotatable bonds is 3. The van der Waals surface area contributed by atoms with Gasteiger partial charge in [-0.25, -0.2) is 0 Å². The Kier molecular flexibility index (Phi) is 2.33. The molecule has 1 aliphatic carbocycles. The van der Waals surface area contributed by atoms with Crippen molar-refractivity contribution >= 4 is 0 Å². The summed E-state index contributed by atoms with van der Waals surface area (Å²) in [5.41, 5.74) is 5.89. The first kappa shape index (κ1) is 8.72. The Hall–Kier alpha value is -0.870. The fourth-order valence-corrected chi connectivity index (χ4v) is 1.83. The molecular formula is C9H15N3O. The van der Waals surface area contributed by atoms with Crippen molar-refractivity contribution in [3.63, 3.8) is 0 Å². The molecule has 0 spiro atoms. The van der Waals surface area contributed by atoms with Crippen LogP contribution in [0.25, 0.3) is 0 Å². The van der Waals surface area contributed by atoms with Gasteiger partial charge in [-0.05, 0) is 19.4 Å². The molecule has 0 aliphatic heterocycles. The highest BCUT2D eigenvalue weighted by atomic mass is 16.5. The van der Waals surface area contributed by atoms with E-state index in [0.717, 1.165) is 13.0 Å². The summed E-state index contributed by atoms with van der Waals surface area (Å²) < 4.78 is 7.44. The fourth-order valence-electron chi connectivity index (χ4n) is 1.83. The van der Waals surface area contributed by atoms with Gasteiger partial charge < -0.3 is 10.5 Å². The molecule has 1 heterocycles. The van der Waals surface area contributed by atoms with Crippen molar-refractivity contribution in [1.82, 2.24) is 9.78 Å². The normalized spacial score (nSPS) is 32.9. The zero-order valence-corrected chi connectivity index (χ0v) is 7.76. The number of nitrogens with two attached hydrogens (primary N) is 1. The average molecular weight is 181 g/mol. The number of ether oxygens (including phenoxy) is 1. The Morgan fingerprint density at radius 3 is 3.08 bits per heavy atom. The van der Waals surface area contributed by atoms with Gasteiger partial charge in [0, 0.05) is 25.0 Å². The van der Waals surface area contributed by atoms with E-state index in [9.17, 15) is 0 Å².